The molecular weight excluding hydrogens is 270 g/mol. The van der Waals surface area contributed by atoms with E-state index in [1.807, 2.05) is 0 Å². The molecule has 1 fully saturated rings. The highest BCUT2D eigenvalue weighted by molar-refractivity contribution is 5.33. The second-order valence-electron chi connectivity index (χ2n) is 6.23. The zero-order valence-electron chi connectivity index (χ0n) is 13.1. The summed E-state index contributed by atoms with van der Waals surface area (Å²) in [6, 6.07) is 2.90. The van der Waals surface area contributed by atoms with Crippen molar-refractivity contribution in [3.8, 4) is 5.75 Å². The molecule has 1 nitrogen and oxygen atoms in total. The van der Waals surface area contributed by atoms with Gasteiger partial charge in [0, 0.05) is 0 Å². The van der Waals surface area contributed by atoms with E-state index in [9.17, 15) is 8.78 Å². The van der Waals surface area contributed by atoms with Crippen LogP contribution >= 0.6 is 0 Å². The minimum Gasteiger partial charge on any atom is -0.491 e. The Morgan fingerprint density at radius 2 is 1.67 bits per heavy atom. The van der Waals surface area contributed by atoms with Crippen molar-refractivity contribution in [1.29, 1.82) is 0 Å². The number of unbranched alkanes of at least 4 members (excludes halogenated alkanes) is 2. The van der Waals surface area contributed by atoms with Gasteiger partial charge in [-0.25, -0.2) is 8.78 Å². The Morgan fingerprint density at radius 1 is 1.05 bits per heavy atom. The number of methoxy groups -OCH3 is 1. The molecule has 0 atom stereocenters. The van der Waals surface area contributed by atoms with E-state index in [1.165, 1.54) is 57.8 Å². The van der Waals surface area contributed by atoms with Crippen molar-refractivity contribution in [1.82, 2.24) is 0 Å². The van der Waals surface area contributed by atoms with Crippen LogP contribution in [0.4, 0.5) is 8.78 Å². The number of rotatable bonds is 6. The van der Waals surface area contributed by atoms with Gasteiger partial charge >= 0.3 is 0 Å². The molecule has 21 heavy (non-hydrogen) atoms. The summed E-state index contributed by atoms with van der Waals surface area (Å²) in [5, 5.41) is 0. The highest BCUT2D eigenvalue weighted by atomic mass is 19.1. The molecule has 0 heterocycles. The van der Waals surface area contributed by atoms with Gasteiger partial charge in [-0.05, 0) is 55.2 Å². The Morgan fingerprint density at radius 3 is 2.19 bits per heavy atom. The van der Waals surface area contributed by atoms with Gasteiger partial charge in [-0.3, -0.25) is 0 Å². The van der Waals surface area contributed by atoms with Crippen LogP contribution in [0, 0.1) is 17.6 Å². The van der Waals surface area contributed by atoms with Crippen molar-refractivity contribution in [3.63, 3.8) is 0 Å². The van der Waals surface area contributed by atoms with Gasteiger partial charge in [0.15, 0.2) is 17.4 Å². The summed E-state index contributed by atoms with van der Waals surface area (Å²) in [7, 11) is 1.29. The number of hydrogen-bond acceptors (Lipinski definition) is 1. The largest absolute Gasteiger partial charge is 0.491 e. The summed E-state index contributed by atoms with van der Waals surface area (Å²) < 4.78 is 32.3. The smallest absolute Gasteiger partial charge is 0.190 e. The van der Waals surface area contributed by atoms with E-state index in [1.54, 1.807) is 0 Å². The molecule has 0 radical (unpaired) electrons. The molecule has 0 N–H and O–H groups in total. The fourth-order valence-corrected chi connectivity index (χ4v) is 3.48. The normalized spacial score (nSPS) is 22.3. The zero-order valence-corrected chi connectivity index (χ0v) is 13.1. The summed E-state index contributed by atoms with van der Waals surface area (Å²) in [4.78, 5) is 0. The lowest BCUT2D eigenvalue weighted by atomic mass is 9.77. The Hall–Kier alpha value is -1.12. The molecule has 0 amide bonds. The van der Waals surface area contributed by atoms with E-state index < -0.39 is 11.6 Å². The maximum Gasteiger partial charge on any atom is 0.190 e. The fraction of sp³-hybridized carbons (Fsp3) is 0.667. The lowest BCUT2D eigenvalue weighted by Gasteiger charge is -2.29. The summed E-state index contributed by atoms with van der Waals surface area (Å²) in [5.74, 6) is -0.342. The molecule has 118 valence electrons. The summed E-state index contributed by atoms with van der Waals surface area (Å²) in [6.07, 6.45) is 9.66. The van der Waals surface area contributed by atoms with Crippen molar-refractivity contribution >= 4 is 0 Å². The second-order valence-corrected chi connectivity index (χ2v) is 6.23. The minimum absolute atomic E-state index is 0.271. The predicted octanol–water partition coefficient (Wildman–Crippen LogP) is 5.83. The van der Waals surface area contributed by atoms with Gasteiger partial charge in [0.25, 0.3) is 0 Å². The van der Waals surface area contributed by atoms with Gasteiger partial charge in [0.1, 0.15) is 0 Å². The molecule has 1 aromatic carbocycles. The van der Waals surface area contributed by atoms with Crippen LogP contribution in [-0.4, -0.2) is 7.11 Å². The summed E-state index contributed by atoms with van der Waals surface area (Å²) >= 11 is 0. The Kier molecular flexibility index (Phi) is 6.01. The molecule has 1 aliphatic carbocycles. The van der Waals surface area contributed by atoms with Crippen molar-refractivity contribution in [2.75, 3.05) is 7.11 Å². The molecule has 0 aromatic heterocycles. The Bertz CT molecular complexity index is 428. The lowest BCUT2D eigenvalue weighted by Crippen LogP contribution is -2.14. The number of hydrogen-bond donors (Lipinski definition) is 0. The summed E-state index contributed by atoms with van der Waals surface area (Å²) in [5.41, 5.74) is 0.790. The van der Waals surface area contributed by atoms with Gasteiger partial charge in [-0.2, -0.15) is 0 Å². The monoisotopic (exact) mass is 296 g/mol. The van der Waals surface area contributed by atoms with Crippen LogP contribution in [0.25, 0.3) is 0 Å². The van der Waals surface area contributed by atoms with E-state index in [4.69, 9.17) is 4.74 Å². The Balaban J connectivity index is 1.93. The van der Waals surface area contributed by atoms with E-state index in [0.29, 0.717) is 5.92 Å². The maximum atomic E-state index is 13.8. The first kappa shape index (κ1) is 16.3. The molecule has 1 aromatic rings. The van der Waals surface area contributed by atoms with Crippen LogP contribution in [0.2, 0.25) is 0 Å². The lowest BCUT2D eigenvalue weighted by molar-refractivity contribution is 0.301. The van der Waals surface area contributed by atoms with Crippen molar-refractivity contribution in [2.24, 2.45) is 5.92 Å². The van der Waals surface area contributed by atoms with E-state index in [0.717, 1.165) is 24.3 Å². The van der Waals surface area contributed by atoms with E-state index in [-0.39, 0.29) is 5.75 Å². The number of benzene rings is 1. The highest BCUT2D eigenvalue weighted by Gasteiger charge is 2.24. The molecule has 2 rings (SSSR count). The first-order chi connectivity index (χ1) is 10.2. The standard InChI is InChI=1S/C18H26F2O/c1-3-4-5-6-13-7-9-14(10-8-13)15-11-16(19)18(21-2)17(20)12-15/h11-14H,3-10H2,1-2H3/t13-,14-. The van der Waals surface area contributed by atoms with E-state index in [2.05, 4.69) is 6.92 Å². The van der Waals surface area contributed by atoms with Crippen molar-refractivity contribution in [3.05, 3.63) is 29.3 Å². The van der Waals surface area contributed by atoms with E-state index >= 15 is 0 Å². The Labute approximate surface area is 126 Å². The van der Waals surface area contributed by atoms with Gasteiger partial charge in [0.05, 0.1) is 7.11 Å². The van der Waals surface area contributed by atoms with Crippen molar-refractivity contribution in [2.45, 2.75) is 64.2 Å². The van der Waals surface area contributed by atoms with Gasteiger partial charge in [-0.1, -0.05) is 32.6 Å². The first-order valence-corrected chi connectivity index (χ1v) is 8.18. The molecule has 0 unspecified atom stereocenters. The molecule has 0 aliphatic heterocycles. The van der Waals surface area contributed by atoms with Crippen molar-refractivity contribution < 1.29 is 13.5 Å². The first-order valence-electron chi connectivity index (χ1n) is 8.18. The maximum absolute atomic E-state index is 13.8. The van der Waals surface area contributed by atoms with Gasteiger partial charge in [0.2, 0.25) is 0 Å². The average molecular weight is 296 g/mol. The van der Waals surface area contributed by atoms with Crippen LogP contribution in [0.1, 0.15) is 69.8 Å². The molecular formula is C18H26F2O. The molecule has 0 bridgehead atoms. The highest BCUT2D eigenvalue weighted by Crippen LogP contribution is 2.39. The van der Waals surface area contributed by atoms with Gasteiger partial charge in [-0.15, -0.1) is 0 Å². The number of ether oxygens (including phenoxy) is 1. The topological polar surface area (TPSA) is 9.23 Å². The van der Waals surface area contributed by atoms with Crippen LogP contribution in [0.3, 0.4) is 0 Å². The molecule has 0 spiro atoms. The summed E-state index contributed by atoms with van der Waals surface area (Å²) in [6.45, 7) is 2.23. The quantitative estimate of drug-likeness (QED) is 0.600. The predicted molar refractivity (Wildman–Crippen MR) is 81.8 cm³/mol. The minimum atomic E-state index is -0.586. The molecule has 3 heteroatoms. The second kappa shape index (κ2) is 7.77. The van der Waals surface area contributed by atoms with Crippen LogP contribution in [0.15, 0.2) is 12.1 Å². The third-order valence-corrected chi connectivity index (χ3v) is 4.76. The van der Waals surface area contributed by atoms with Gasteiger partial charge < -0.3 is 4.74 Å². The zero-order chi connectivity index (χ0) is 15.2. The molecule has 0 saturated heterocycles. The third kappa shape index (κ3) is 4.18. The number of halogens is 2. The SMILES string of the molecule is CCCCC[C@H]1CC[C@H](c2cc(F)c(OC)c(F)c2)CC1. The third-order valence-electron chi connectivity index (χ3n) is 4.76. The average Bonchev–Trinajstić information content (AvgIpc) is 2.48. The molecule has 1 aliphatic rings. The fourth-order valence-electron chi connectivity index (χ4n) is 3.48. The molecule has 1 saturated carbocycles. The van der Waals surface area contributed by atoms with Crippen LogP contribution in [-0.2, 0) is 0 Å². The van der Waals surface area contributed by atoms with Crippen LogP contribution in [0.5, 0.6) is 5.75 Å². The van der Waals surface area contributed by atoms with Crippen LogP contribution < -0.4 is 4.74 Å².